The van der Waals surface area contributed by atoms with Crippen molar-refractivity contribution in [1.29, 1.82) is 0 Å². The fourth-order valence-electron chi connectivity index (χ4n) is 13.3. The van der Waals surface area contributed by atoms with E-state index in [0.717, 1.165) is 166 Å². The molecule has 13 aromatic carbocycles. The molecule has 4 aromatic heterocycles. The highest BCUT2D eigenvalue weighted by molar-refractivity contribution is 6.22. The molecule has 0 spiro atoms. The highest BCUT2D eigenvalue weighted by Gasteiger charge is 2.28. The number of rotatable bonds is 10. The molecule has 0 aliphatic carbocycles. The Labute approximate surface area is 495 Å². The van der Waals surface area contributed by atoms with E-state index in [1.807, 2.05) is 12.1 Å². The lowest BCUT2D eigenvalue weighted by atomic mass is 9.98. The Morgan fingerprint density at radius 3 is 1.03 bits per heavy atom. The summed E-state index contributed by atoms with van der Waals surface area (Å²) in [4.78, 5) is 4.74. The van der Waals surface area contributed by atoms with Gasteiger partial charge < -0.3 is 27.5 Å². The average molecular weight is 1110 g/mol. The maximum atomic E-state index is 7.01. The normalized spacial score (nSPS) is 12.2. The van der Waals surface area contributed by atoms with Gasteiger partial charge in [0.25, 0.3) is 0 Å². The molecule has 0 N–H and O–H groups in total. The van der Waals surface area contributed by atoms with Crippen LogP contribution in [0.5, 0.6) is 0 Å². The molecule has 0 saturated carbocycles. The van der Waals surface area contributed by atoms with Gasteiger partial charge in [0.05, 0.1) is 11.4 Å². The molecule has 6 heteroatoms. The molecule has 0 bridgehead atoms. The summed E-state index contributed by atoms with van der Waals surface area (Å²) in [5.74, 6) is 0.775. The third-order valence-corrected chi connectivity index (χ3v) is 17.8. The van der Waals surface area contributed by atoms with Gasteiger partial charge in [-0.3, -0.25) is 0 Å². The molecule has 86 heavy (non-hydrogen) atoms. The quantitative estimate of drug-likeness (QED) is 0.136. The van der Waals surface area contributed by atoms with Crippen molar-refractivity contribution in [2.45, 2.75) is 39.5 Å². The van der Waals surface area contributed by atoms with Crippen LogP contribution in [0.2, 0.25) is 0 Å². The summed E-state index contributed by atoms with van der Waals surface area (Å²) >= 11 is 0. The van der Waals surface area contributed by atoms with E-state index in [-0.39, 0.29) is 0 Å². The summed E-state index contributed by atoms with van der Waals surface area (Å²) in [7, 11) is 0. The first-order chi connectivity index (χ1) is 42.3. The van der Waals surface area contributed by atoms with Crippen LogP contribution in [-0.2, 0) is 0 Å². The van der Waals surface area contributed by atoms with Gasteiger partial charge in [-0.15, -0.1) is 0 Å². The number of hydrogen-bond donors (Lipinski definition) is 0. The van der Waals surface area contributed by atoms with Gasteiger partial charge in [-0.05, 0) is 165 Å². The van der Waals surface area contributed by atoms with E-state index in [1.54, 1.807) is 0 Å². The van der Waals surface area contributed by atoms with Crippen LogP contribution in [0.4, 0.5) is 34.1 Å². The van der Waals surface area contributed by atoms with Crippen LogP contribution in [0.3, 0.4) is 0 Å². The molecular formula is C80H56N2O4. The first-order valence-electron chi connectivity index (χ1n) is 29.7. The second-order valence-corrected chi connectivity index (χ2v) is 23.6. The largest absolute Gasteiger partial charge is 0.454 e. The van der Waals surface area contributed by atoms with Gasteiger partial charge in [-0.2, -0.15) is 0 Å². The molecule has 0 atom stereocenters. The van der Waals surface area contributed by atoms with E-state index >= 15 is 0 Å². The summed E-state index contributed by atoms with van der Waals surface area (Å²) in [6, 6.07) is 91.6. The van der Waals surface area contributed by atoms with E-state index in [4.69, 9.17) is 17.7 Å². The molecule has 17 rings (SSSR count). The molecule has 0 unspecified atom stereocenters. The molecule has 4 heterocycles. The van der Waals surface area contributed by atoms with Crippen molar-refractivity contribution in [1.82, 2.24) is 0 Å². The molecule has 0 aliphatic rings. The van der Waals surface area contributed by atoms with E-state index < -0.39 is 0 Å². The van der Waals surface area contributed by atoms with Crippen molar-refractivity contribution < 1.29 is 17.7 Å². The smallest absolute Gasteiger partial charge is 0.178 e. The number of para-hydroxylation sites is 2. The zero-order valence-electron chi connectivity index (χ0n) is 47.9. The number of nitrogens with zero attached hydrogens (tertiary/aromatic N) is 2. The van der Waals surface area contributed by atoms with Crippen molar-refractivity contribution in [2.24, 2.45) is 0 Å². The lowest BCUT2D eigenvalue weighted by Crippen LogP contribution is -2.12. The monoisotopic (exact) mass is 1110 g/mol. The van der Waals surface area contributed by atoms with Crippen LogP contribution >= 0.6 is 0 Å². The van der Waals surface area contributed by atoms with Gasteiger partial charge >= 0.3 is 0 Å². The van der Waals surface area contributed by atoms with E-state index in [2.05, 4.69) is 280 Å². The van der Waals surface area contributed by atoms with Crippen molar-refractivity contribution in [3.8, 4) is 22.3 Å². The summed E-state index contributed by atoms with van der Waals surface area (Å²) in [5.41, 5.74) is 19.4. The second kappa shape index (κ2) is 19.4. The molecule has 0 aliphatic heterocycles. The number of fused-ring (bicyclic) bond motifs is 15. The van der Waals surface area contributed by atoms with Crippen molar-refractivity contribution in [3.63, 3.8) is 0 Å². The van der Waals surface area contributed by atoms with Gasteiger partial charge in [0.2, 0.25) is 0 Å². The van der Waals surface area contributed by atoms with Crippen molar-refractivity contribution in [3.05, 3.63) is 266 Å². The van der Waals surface area contributed by atoms with E-state index in [0.29, 0.717) is 11.8 Å². The fraction of sp³-hybridized carbons (Fsp3) is 0.0750. The maximum absolute atomic E-state index is 7.01. The highest BCUT2D eigenvalue weighted by atomic mass is 16.4. The van der Waals surface area contributed by atoms with Crippen LogP contribution in [-0.4, -0.2) is 0 Å². The molecule has 0 saturated heterocycles. The average Bonchev–Trinajstić information content (AvgIpc) is 1.88. The minimum Gasteiger partial charge on any atom is -0.454 e. The zero-order chi connectivity index (χ0) is 57.3. The Morgan fingerprint density at radius 1 is 0.256 bits per heavy atom. The Kier molecular flexibility index (Phi) is 11.2. The standard InChI is InChI=1S/C80H56N2O4/c1-47(2)49-23-29-57(30-24-49)81(75-61(51-15-7-5-8-16-51)35-37-65-63-19-11-13-21-71(63)83-77(65)75)59-33-27-53-43-69-67-39-40-68-70-44-54-28-34-60(42-56(54)46-74(70)86-80(68)79(67)85-73(69)45-55(53)41-59)82(58-31-25-50(26-32-58)48(3)4)76-62(52-17-9-6-10-18-52)36-38-66-64-20-12-14-22-72(64)84-78(66)76/h5-48H,1-4H3. The Morgan fingerprint density at radius 2 is 0.616 bits per heavy atom. The summed E-state index contributed by atoms with van der Waals surface area (Å²) in [6.07, 6.45) is 0. The van der Waals surface area contributed by atoms with Gasteiger partial charge in [-0.1, -0.05) is 173 Å². The van der Waals surface area contributed by atoms with Crippen LogP contribution in [0, 0.1) is 0 Å². The van der Waals surface area contributed by atoms with Crippen LogP contribution in [0.15, 0.2) is 272 Å². The number of furan rings is 4. The summed E-state index contributed by atoms with van der Waals surface area (Å²) < 4.78 is 27.9. The first-order valence-corrected chi connectivity index (χ1v) is 29.7. The molecule has 0 amide bonds. The zero-order valence-corrected chi connectivity index (χ0v) is 47.9. The van der Waals surface area contributed by atoms with Crippen LogP contribution in [0.25, 0.3) is 132 Å². The molecule has 0 fully saturated rings. The molecule has 6 nitrogen and oxygen atoms in total. The topological polar surface area (TPSA) is 59.0 Å². The molecule has 0 radical (unpaired) electrons. The predicted molar refractivity (Wildman–Crippen MR) is 359 cm³/mol. The Hall–Kier alpha value is -10.8. The predicted octanol–water partition coefficient (Wildman–Crippen LogP) is 24.1. The van der Waals surface area contributed by atoms with Crippen molar-refractivity contribution in [2.75, 3.05) is 9.80 Å². The van der Waals surface area contributed by atoms with Crippen LogP contribution in [0.1, 0.15) is 50.7 Å². The van der Waals surface area contributed by atoms with Gasteiger partial charge in [0, 0.05) is 77.0 Å². The van der Waals surface area contributed by atoms with Crippen LogP contribution < -0.4 is 9.80 Å². The lowest BCUT2D eigenvalue weighted by molar-refractivity contribution is 0.634. The summed E-state index contributed by atoms with van der Waals surface area (Å²) in [6.45, 7) is 8.96. The Bertz CT molecular complexity index is 5190. The maximum Gasteiger partial charge on any atom is 0.178 e. The minimum atomic E-state index is 0.388. The first kappa shape index (κ1) is 49.8. The lowest BCUT2D eigenvalue weighted by Gasteiger charge is -2.28. The van der Waals surface area contributed by atoms with Gasteiger partial charge in [0.1, 0.15) is 22.3 Å². The number of anilines is 6. The number of hydrogen-bond acceptors (Lipinski definition) is 6. The second-order valence-electron chi connectivity index (χ2n) is 23.6. The molecular weight excluding hydrogens is 1050 g/mol. The van der Waals surface area contributed by atoms with E-state index in [9.17, 15) is 0 Å². The van der Waals surface area contributed by atoms with Crippen molar-refractivity contribution >= 4 is 143 Å². The summed E-state index contributed by atoms with van der Waals surface area (Å²) in [5, 5.41) is 12.7. The third-order valence-electron chi connectivity index (χ3n) is 17.8. The third kappa shape index (κ3) is 7.86. The SMILES string of the molecule is CC(C)c1ccc(N(c2ccc3cc4c(cc3c2)oc2c4ccc3c4cc5ccc(N(c6ccc(C(C)C)cc6)c6c(-c7ccccc7)ccc7c6oc6ccccc67)cc5cc4oc32)c2c(-c3ccccc3)ccc3c2oc2ccccc23)cc1. The number of benzene rings is 13. The van der Waals surface area contributed by atoms with Gasteiger partial charge in [0.15, 0.2) is 22.3 Å². The van der Waals surface area contributed by atoms with Gasteiger partial charge in [-0.25, -0.2) is 0 Å². The minimum absolute atomic E-state index is 0.388. The molecule has 17 aromatic rings. The van der Waals surface area contributed by atoms with E-state index in [1.165, 1.54) is 11.1 Å². The fourth-order valence-corrected chi connectivity index (χ4v) is 13.3. The molecule has 410 valence electrons. The Balaban J connectivity index is 0.815. The highest BCUT2D eigenvalue weighted by Crippen LogP contribution is 2.51.